The number of thiazole rings is 1. The maximum Gasteiger partial charge on any atom is 0.301 e. The summed E-state index contributed by atoms with van der Waals surface area (Å²) in [6.45, 7) is 1.98. The first-order valence-corrected chi connectivity index (χ1v) is 11.5. The van der Waals surface area contributed by atoms with E-state index in [4.69, 9.17) is 0 Å². The molecule has 9 heteroatoms. The number of aliphatic hydroxyl groups is 1. The number of amides is 1. The van der Waals surface area contributed by atoms with Crippen molar-refractivity contribution in [3.8, 4) is 5.75 Å². The molecule has 1 fully saturated rings. The molecule has 0 radical (unpaired) electrons. The summed E-state index contributed by atoms with van der Waals surface area (Å²) < 4.78 is 28.2. The van der Waals surface area contributed by atoms with Crippen LogP contribution in [0.15, 0.2) is 66.2 Å². The molecule has 1 atom stereocenters. The molecule has 2 N–H and O–H groups in total. The molecule has 1 aliphatic heterocycles. The van der Waals surface area contributed by atoms with Crippen molar-refractivity contribution >= 4 is 44.1 Å². The van der Waals surface area contributed by atoms with Gasteiger partial charge in [0.05, 0.1) is 16.3 Å². The SMILES string of the molecule is CCc1ccc(/C(O)=C2\C(=O)C(=O)N(c3nc4c(F)cc(F)cc4s3)C2c2ccc(O)cc2)cc1. The van der Waals surface area contributed by atoms with Crippen LogP contribution >= 0.6 is 11.3 Å². The van der Waals surface area contributed by atoms with Gasteiger partial charge in [-0.3, -0.25) is 14.5 Å². The third kappa shape index (κ3) is 3.83. The molecule has 0 bridgehead atoms. The number of phenolic OH excluding ortho intramolecular Hbond substituents is 1. The number of rotatable bonds is 4. The Hall–Kier alpha value is -4.11. The van der Waals surface area contributed by atoms with Gasteiger partial charge >= 0.3 is 5.91 Å². The topological polar surface area (TPSA) is 90.7 Å². The van der Waals surface area contributed by atoms with E-state index in [-0.39, 0.29) is 32.4 Å². The van der Waals surface area contributed by atoms with Gasteiger partial charge < -0.3 is 10.2 Å². The van der Waals surface area contributed by atoms with Crippen LogP contribution in [0.3, 0.4) is 0 Å². The molecule has 1 saturated heterocycles. The minimum Gasteiger partial charge on any atom is -0.508 e. The van der Waals surface area contributed by atoms with Gasteiger partial charge in [-0.15, -0.1) is 0 Å². The molecular weight excluding hydrogens is 474 g/mol. The van der Waals surface area contributed by atoms with E-state index in [0.29, 0.717) is 17.2 Å². The summed E-state index contributed by atoms with van der Waals surface area (Å²) >= 11 is 0.853. The van der Waals surface area contributed by atoms with E-state index < -0.39 is 29.4 Å². The number of aromatic nitrogens is 1. The lowest BCUT2D eigenvalue weighted by Crippen LogP contribution is -2.29. The molecule has 1 aromatic heterocycles. The second-order valence-corrected chi connectivity index (χ2v) is 9.05. The van der Waals surface area contributed by atoms with Crippen molar-refractivity contribution in [3.63, 3.8) is 0 Å². The summed E-state index contributed by atoms with van der Waals surface area (Å²) in [6.07, 6.45) is 0.785. The molecule has 6 nitrogen and oxygen atoms in total. The Kier molecular flexibility index (Phi) is 5.56. The molecular formula is C26H18F2N2O4S. The number of carbonyl (C=O) groups excluding carboxylic acids is 2. The highest BCUT2D eigenvalue weighted by Gasteiger charge is 2.48. The van der Waals surface area contributed by atoms with Crippen LogP contribution in [0.25, 0.3) is 16.0 Å². The zero-order chi connectivity index (χ0) is 24.9. The zero-order valence-electron chi connectivity index (χ0n) is 18.3. The van der Waals surface area contributed by atoms with Crippen LogP contribution in [0.2, 0.25) is 0 Å². The largest absolute Gasteiger partial charge is 0.508 e. The van der Waals surface area contributed by atoms with E-state index in [9.17, 15) is 28.6 Å². The standard InChI is InChI=1S/C26H18F2N2O4S/c1-2-13-3-5-15(6-4-13)23(32)20-22(14-7-9-17(31)10-8-14)30(25(34)24(20)33)26-29-21-18(28)11-16(27)12-19(21)35-26/h3-12,22,31-32H,2H2,1H3/b23-20+. The van der Waals surface area contributed by atoms with Crippen LogP contribution in [0.5, 0.6) is 5.75 Å². The predicted octanol–water partition coefficient (Wildman–Crippen LogP) is 5.47. The second kappa shape index (κ2) is 8.59. The summed E-state index contributed by atoms with van der Waals surface area (Å²) in [5, 5.41) is 20.9. The Bertz CT molecular complexity index is 1510. The number of ketones is 1. The van der Waals surface area contributed by atoms with Crippen LogP contribution in [-0.2, 0) is 16.0 Å². The number of hydrogen-bond donors (Lipinski definition) is 2. The Morgan fingerprint density at radius 2 is 1.74 bits per heavy atom. The Labute approximate surface area is 202 Å². The summed E-state index contributed by atoms with van der Waals surface area (Å²) in [7, 11) is 0. The molecule has 3 aromatic carbocycles. The van der Waals surface area contributed by atoms with Gasteiger partial charge in [0, 0.05) is 11.6 Å². The predicted molar refractivity (Wildman–Crippen MR) is 128 cm³/mol. The smallest absolute Gasteiger partial charge is 0.301 e. The molecule has 0 aliphatic carbocycles. The number of halogens is 2. The normalized spacial score (nSPS) is 17.5. The average molecular weight is 493 g/mol. The minimum absolute atomic E-state index is 0.0231. The Balaban J connectivity index is 1.72. The maximum atomic E-state index is 14.3. The van der Waals surface area contributed by atoms with E-state index in [2.05, 4.69) is 4.98 Å². The van der Waals surface area contributed by atoms with E-state index >= 15 is 0 Å². The third-order valence-electron chi connectivity index (χ3n) is 5.90. The Morgan fingerprint density at radius 3 is 2.40 bits per heavy atom. The summed E-state index contributed by atoms with van der Waals surface area (Å²) in [6, 6.07) is 13.4. The zero-order valence-corrected chi connectivity index (χ0v) is 19.1. The fourth-order valence-electron chi connectivity index (χ4n) is 4.10. The van der Waals surface area contributed by atoms with Crippen molar-refractivity contribution in [2.24, 2.45) is 0 Å². The number of Topliss-reactive ketones (excluding diaryl/α,β-unsaturated/α-hetero) is 1. The number of phenols is 1. The molecule has 2 heterocycles. The molecule has 1 aliphatic rings. The molecule has 176 valence electrons. The number of nitrogens with zero attached hydrogens (tertiary/aromatic N) is 2. The number of carbonyl (C=O) groups is 2. The van der Waals surface area contributed by atoms with Crippen molar-refractivity contribution in [2.45, 2.75) is 19.4 Å². The fraction of sp³-hybridized carbons (Fsp3) is 0.115. The Morgan fingerprint density at radius 1 is 1.06 bits per heavy atom. The number of hydrogen-bond acceptors (Lipinski definition) is 6. The average Bonchev–Trinajstić information content (AvgIpc) is 3.38. The van der Waals surface area contributed by atoms with Crippen molar-refractivity contribution in [1.29, 1.82) is 0 Å². The van der Waals surface area contributed by atoms with Crippen LogP contribution in [0.4, 0.5) is 13.9 Å². The number of aryl methyl sites for hydroxylation is 1. The summed E-state index contributed by atoms with van der Waals surface area (Å²) in [5.41, 5.74) is 1.49. The van der Waals surface area contributed by atoms with E-state index in [1.54, 1.807) is 12.1 Å². The summed E-state index contributed by atoms with van der Waals surface area (Å²) in [5.74, 6) is -3.99. The number of anilines is 1. The number of aromatic hydroxyl groups is 1. The van der Waals surface area contributed by atoms with Crippen molar-refractivity contribution in [3.05, 3.63) is 94.6 Å². The highest BCUT2D eigenvalue weighted by atomic mass is 32.1. The quantitative estimate of drug-likeness (QED) is 0.224. The lowest BCUT2D eigenvalue weighted by atomic mass is 9.95. The van der Waals surface area contributed by atoms with Gasteiger partial charge in [-0.1, -0.05) is 54.7 Å². The van der Waals surface area contributed by atoms with Gasteiger partial charge in [-0.05, 0) is 35.7 Å². The number of fused-ring (bicyclic) bond motifs is 1. The van der Waals surface area contributed by atoms with Gasteiger partial charge in [0.25, 0.3) is 5.78 Å². The highest BCUT2D eigenvalue weighted by Crippen LogP contribution is 2.44. The summed E-state index contributed by atoms with van der Waals surface area (Å²) in [4.78, 5) is 31.7. The van der Waals surface area contributed by atoms with Crippen molar-refractivity contribution in [1.82, 2.24) is 4.98 Å². The van der Waals surface area contributed by atoms with Crippen LogP contribution in [0.1, 0.15) is 29.7 Å². The monoisotopic (exact) mass is 492 g/mol. The molecule has 5 rings (SSSR count). The molecule has 1 unspecified atom stereocenters. The molecule has 0 saturated carbocycles. The lowest BCUT2D eigenvalue weighted by molar-refractivity contribution is -0.132. The molecule has 35 heavy (non-hydrogen) atoms. The third-order valence-corrected chi connectivity index (χ3v) is 6.90. The number of benzene rings is 3. The molecule has 4 aromatic rings. The van der Waals surface area contributed by atoms with Gasteiger partial charge in [0.2, 0.25) is 0 Å². The minimum atomic E-state index is -1.10. The van der Waals surface area contributed by atoms with Gasteiger partial charge in [0.1, 0.15) is 22.8 Å². The van der Waals surface area contributed by atoms with Gasteiger partial charge in [0.15, 0.2) is 10.9 Å². The highest BCUT2D eigenvalue weighted by molar-refractivity contribution is 7.22. The van der Waals surface area contributed by atoms with Crippen LogP contribution < -0.4 is 4.90 Å². The van der Waals surface area contributed by atoms with Gasteiger partial charge in [-0.25, -0.2) is 13.8 Å². The van der Waals surface area contributed by atoms with E-state index in [1.165, 1.54) is 24.3 Å². The number of aliphatic hydroxyl groups excluding tert-OH is 1. The van der Waals surface area contributed by atoms with E-state index in [0.717, 1.165) is 34.3 Å². The van der Waals surface area contributed by atoms with Crippen molar-refractivity contribution < 1.29 is 28.6 Å². The fourth-order valence-corrected chi connectivity index (χ4v) is 5.14. The first-order valence-electron chi connectivity index (χ1n) is 10.7. The molecule has 0 spiro atoms. The lowest BCUT2D eigenvalue weighted by Gasteiger charge is -2.23. The van der Waals surface area contributed by atoms with Crippen LogP contribution in [0, 0.1) is 11.6 Å². The second-order valence-electron chi connectivity index (χ2n) is 8.04. The molecule has 1 amide bonds. The van der Waals surface area contributed by atoms with Gasteiger partial charge in [-0.2, -0.15) is 0 Å². The van der Waals surface area contributed by atoms with E-state index in [1.807, 2.05) is 19.1 Å². The maximum absolute atomic E-state index is 14.3. The first kappa shape index (κ1) is 22.7. The van der Waals surface area contributed by atoms with Crippen molar-refractivity contribution in [2.75, 3.05) is 4.90 Å². The van der Waals surface area contributed by atoms with Crippen LogP contribution in [-0.4, -0.2) is 26.9 Å². The first-order chi connectivity index (χ1) is 16.8.